The number of nitrogens with zero attached hydrogens (tertiary/aromatic N) is 3. The molecule has 3 aromatic rings. The van der Waals surface area contributed by atoms with E-state index < -0.39 is 0 Å². The molecule has 2 heterocycles. The molecular formula is C13H9ClN4O2. The van der Waals surface area contributed by atoms with Gasteiger partial charge in [-0.15, -0.1) is 0 Å². The van der Waals surface area contributed by atoms with Crippen LogP contribution in [0.2, 0.25) is 5.15 Å². The molecule has 1 N–H and O–H groups in total. The van der Waals surface area contributed by atoms with Gasteiger partial charge in [-0.2, -0.15) is 0 Å². The lowest BCUT2D eigenvalue weighted by atomic mass is 10.2. The van der Waals surface area contributed by atoms with Gasteiger partial charge < -0.3 is 0 Å². The molecule has 0 saturated heterocycles. The number of fused-ring (bicyclic) bond motifs is 1. The lowest BCUT2D eigenvalue weighted by Crippen LogP contribution is -2.30. The molecule has 7 heteroatoms. The largest absolute Gasteiger partial charge is 0.273 e. The Morgan fingerprint density at radius 2 is 1.85 bits per heavy atom. The lowest BCUT2D eigenvalue weighted by molar-refractivity contribution is 0.624. The van der Waals surface area contributed by atoms with Gasteiger partial charge in [-0.05, 0) is 12.1 Å². The molecule has 0 aliphatic rings. The van der Waals surface area contributed by atoms with E-state index >= 15 is 0 Å². The molecule has 0 radical (unpaired) electrons. The first-order valence-corrected chi connectivity index (χ1v) is 6.21. The highest BCUT2D eigenvalue weighted by molar-refractivity contribution is 6.29. The third-order valence-corrected chi connectivity index (χ3v) is 3.07. The van der Waals surface area contributed by atoms with E-state index in [1.807, 2.05) is 0 Å². The molecule has 6 nitrogen and oxygen atoms in total. The SMILES string of the molecule is O=c1[nH]n(Cc2cnc(Cl)cn2)c(=O)c2ccccc12. The van der Waals surface area contributed by atoms with Crippen molar-refractivity contribution in [3.05, 3.63) is 68.2 Å². The Morgan fingerprint density at radius 1 is 1.10 bits per heavy atom. The lowest BCUT2D eigenvalue weighted by Gasteiger charge is -2.06. The van der Waals surface area contributed by atoms with Gasteiger partial charge in [0.2, 0.25) is 0 Å². The van der Waals surface area contributed by atoms with Gasteiger partial charge in [0.05, 0.1) is 35.4 Å². The van der Waals surface area contributed by atoms with Crippen LogP contribution in [0.15, 0.2) is 46.2 Å². The van der Waals surface area contributed by atoms with E-state index in [0.717, 1.165) is 0 Å². The normalized spacial score (nSPS) is 10.8. The van der Waals surface area contributed by atoms with Crippen molar-refractivity contribution in [3.8, 4) is 0 Å². The Balaban J connectivity index is 2.13. The minimum Gasteiger partial charge on any atom is -0.267 e. The van der Waals surface area contributed by atoms with Gasteiger partial charge in [0.15, 0.2) is 0 Å². The van der Waals surface area contributed by atoms with E-state index in [1.165, 1.54) is 17.1 Å². The van der Waals surface area contributed by atoms with Crippen LogP contribution in [0.1, 0.15) is 5.69 Å². The second-order valence-electron chi connectivity index (χ2n) is 4.21. The summed E-state index contributed by atoms with van der Waals surface area (Å²) >= 11 is 5.65. The number of aromatic amines is 1. The van der Waals surface area contributed by atoms with Crippen molar-refractivity contribution < 1.29 is 0 Å². The van der Waals surface area contributed by atoms with Crippen LogP contribution in [-0.2, 0) is 6.54 Å². The molecule has 0 aliphatic heterocycles. The number of hydrogen-bond acceptors (Lipinski definition) is 4. The molecule has 20 heavy (non-hydrogen) atoms. The van der Waals surface area contributed by atoms with Crippen LogP contribution in [0.5, 0.6) is 0 Å². The molecule has 0 saturated carbocycles. The van der Waals surface area contributed by atoms with Gasteiger partial charge in [-0.1, -0.05) is 23.7 Å². The topological polar surface area (TPSA) is 80.6 Å². The Morgan fingerprint density at radius 3 is 2.55 bits per heavy atom. The number of rotatable bonds is 2. The van der Waals surface area contributed by atoms with Gasteiger partial charge in [0.25, 0.3) is 11.1 Å². The minimum atomic E-state index is -0.317. The van der Waals surface area contributed by atoms with E-state index in [4.69, 9.17) is 11.6 Å². The van der Waals surface area contributed by atoms with Crippen LogP contribution in [0, 0.1) is 0 Å². The monoisotopic (exact) mass is 288 g/mol. The van der Waals surface area contributed by atoms with Crippen molar-refractivity contribution in [2.24, 2.45) is 0 Å². The van der Waals surface area contributed by atoms with E-state index in [1.54, 1.807) is 24.3 Å². The van der Waals surface area contributed by atoms with Crippen molar-refractivity contribution >= 4 is 22.4 Å². The standard InChI is InChI=1S/C13H9ClN4O2/c14-11-6-15-8(5-16-11)7-18-13(20)10-4-2-1-3-9(10)12(19)17-18/h1-6H,7H2,(H,17,19). The van der Waals surface area contributed by atoms with Crippen LogP contribution in [0.25, 0.3) is 10.8 Å². The fourth-order valence-corrected chi connectivity index (χ4v) is 2.04. The van der Waals surface area contributed by atoms with Gasteiger partial charge in [-0.25, -0.2) is 9.67 Å². The van der Waals surface area contributed by atoms with E-state index in [-0.39, 0.29) is 22.8 Å². The highest BCUT2D eigenvalue weighted by Gasteiger charge is 2.07. The molecule has 0 unspecified atom stereocenters. The molecule has 100 valence electrons. The number of H-pyrrole nitrogens is 1. The first kappa shape index (κ1) is 12.6. The average molecular weight is 289 g/mol. The summed E-state index contributed by atoms with van der Waals surface area (Å²) in [5.41, 5.74) is -0.0681. The average Bonchev–Trinajstić information content (AvgIpc) is 2.47. The summed E-state index contributed by atoms with van der Waals surface area (Å²) in [6.07, 6.45) is 2.85. The highest BCUT2D eigenvalue weighted by atomic mass is 35.5. The summed E-state index contributed by atoms with van der Waals surface area (Å²) < 4.78 is 1.21. The maximum atomic E-state index is 12.3. The molecule has 2 aromatic heterocycles. The zero-order valence-electron chi connectivity index (χ0n) is 10.2. The highest BCUT2D eigenvalue weighted by Crippen LogP contribution is 2.04. The molecule has 0 bridgehead atoms. The van der Waals surface area contributed by atoms with Crippen LogP contribution in [-0.4, -0.2) is 19.7 Å². The quantitative estimate of drug-likeness (QED) is 0.768. The van der Waals surface area contributed by atoms with Crippen molar-refractivity contribution in [2.75, 3.05) is 0 Å². The van der Waals surface area contributed by atoms with Crippen molar-refractivity contribution in [2.45, 2.75) is 6.54 Å². The van der Waals surface area contributed by atoms with Gasteiger partial charge in [0, 0.05) is 0 Å². The summed E-state index contributed by atoms with van der Waals surface area (Å²) in [6, 6.07) is 6.67. The molecule has 0 fully saturated rings. The molecular weight excluding hydrogens is 280 g/mol. The van der Waals surface area contributed by atoms with Gasteiger partial charge in [0.1, 0.15) is 5.15 Å². The Labute approximate surface area is 117 Å². The second-order valence-corrected chi connectivity index (χ2v) is 4.60. The summed E-state index contributed by atoms with van der Waals surface area (Å²) in [5, 5.41) is 3.55. The Bertz CT molecular complexity index is 883. The molecule has 0 atom stereocenters. The van der Waals surface area contributed by atoms with Crippen LogP contribution in [0.4, 0.5) is 0 Å². The number of aromatic nitrogens is 4. The minimum absolute atomic E-state index is 0.128. The summed E-state index contributed by atoms with van der Waals surface area (Å²) in [7, 11) is 0. The third-order valence-electron chi connectivity index (χ3n) is 2.88. The van der Waals surface area contributed by atoms with Gasteiger partial charge >= 0.3 is 0 Å². The second kappa shape index (κ2) is 4.90. The smallest absolute Gasteiger partial charge is 0.267 e. The van der Waals surface area contributed by atoms with E-state index in [0.29, 0.717) is 16.5 Å². The fourth-order valence-electron chi connectivity index (χ4n) is 1.94. The molecule has 0 amide bonds. The molecule has 3 rings (SSSR count). The van der Waals surface area contributed by atoms with Crippen molar-refractivity contribution in [1.82, 2.24) is 19.7 Å². The molecule has 1 aromatic carbocycles. The first-order valence-electron chi connectivity index (χ1n) is 5.83. The zero-order valence-corrected chi connectivity index (χ0v) is 11.0. The maximum absolute atomic E-state index is 12.3. The number of halogens is 1. The zero-order chi connectivity index (χ0) is 14.1. The summed E-state index contributed by atoms with van der Waals surface area (Å²) in [5.74, 6) is 0. The predicted molar refractivity (Wildman–Crippen MR) is 75.0 cm³/mol. The number of hydrogen-bond donors (Lipinski definition) is 1. The Hall–Kier alpha value is -2.47. The predicted octanol–water partition coefficient (Wildman–Crippen LogP) is 1.18. The Kier molecular flexibility index (Phi) is 3.08. The molecule has 0 aliphatic carbocycles. The van der Waals surface area contributed by atoms with Crippen LogP contribution < -0.4 is 11.1 Å². The van der Waals surface area contributed by atoms with Crippen molar-refractivity contribution in [1.29, 1.82) is 0 Å². The van der Waals surface area contributed by atoms with Crippen LogP contribution >= 0.6 is 11.6 Å². The van der Waals surface area contributed by atoms with Crippen molar-refractivity contribution in [3.63, 3.8) is 0 Å². The summed E-state index contributed by atoms with van der Waals surface area (Å²) in [4.78, 5) is 32.1. The van der Waals surface area contributed by atoms with Gasteiger partial charge in [-0.3, -0.25) is 19.7 Å². The number of nitrogens with one attached hydrogen (secondary N) is 1. The number of benzene rings is 1. The van der Waals surface area contributed by atoms with E-state index in [2.05, 4.69) is 15.1 Å². The van der Waals surface area contributed by atoms with Crippen LogP contribution in [0.3, 0.4) is 0 Å². The molecule has 0 spiro atoms. The maximum Gasteiger partial charge on any atom is 0.273 e. The fraction of sp³-hybridized carbons (Fsp3) is 0.0769. The summed E-state index contributed by atoms with van der Waals surface area (Å²) in [6.45, 7) is 0.128. The first-order chi connectivity index (χ1) is 9.65. The third kappa shape index (κ3) is 2.21. The van der Waals surface area contributed by atoms with E-state index in [9.17, 15) is 9.59 Å².